The third-order valence-corrected chi connectivity index (χ3v) is 5.51. The van der Waals surface area contributed by atoms with Gasteiger partial charge in [0.1, 0.15) is 18.2 Å². The topological polar surface area (TPSA) is 76.1 Å². The van der Waals surface area contributed by atoms with Crippen molar-refractivity contribution in [3.63, 3.8) is 0 Å². The fourth-order valence-corrected chi connectivity index (χ4v) is 3.75. The lowest BCUT2D eigenvalue weighted by Gasteiger charge is -2.08. The number of pyridine rings is 1. The van der Waals surface area contributed by atoms with Crippen LogP contribution in [0.5, 0.6) is 5.75 Å². The third-order valence-electron chi connectivity index (χ3n) is 4.71. The number of anilines is 2. The molecule has 32 heavy (non-hydrogen) atoms. The highest BCUT2D eigenvalue weighted by Gasteiger charge is 2.09. The van der Waals surface area contributed by atoms with E-state index in [9.17, 15) is 4.79 Å². The monoisotopic (exact) mass is 444 g/mol. The maximum Gasteiger partial charge on any atom is 0.226 e. The molecule has 2 heterocycles. The molecule has 0 aliphatic rings. The zero-order valence-corrected chi connectivity index (χ0v) is 18.6. The molecular weight excluding hydrogens is 420 g/mol. The van der Waals surface area contributed by atoms with Crippen LogP contribution in [0.3, 0.4) is 0 Å². The summed E-state index contributed by atoms with van der Waals surface area (Å²) in [6, 6.07) is 21.7. The number of rotatable bonds is 9. The van der Waals surface area contributed by atoms with E-state index in [-0.39, 0.29) is 12.3 Å². The number of hydrogen-bond acceptors (Lipinski definition) is 6. The Bertz CT molecular complexity index is 1160. The molecule has 0 spiro atoms. The van der Waals surface area contributed by atoms with E-state index in [1.165, 1.54) is 11.3 Å². The molecule has 2 aromatic carbocycles. The van der Waals surface area contributed by atoms with Crippen molar-refractivity contribution in [1.82, 2.24) is 15.3 Å². The summed E-state index contributed by atoms with van der Waals surface area (Å²) >= 11 is 1.46. The Kier molecular flexibility index (Phi) is 7.09. The first kappa shape index (κ1) is 21.5. The average Bonchev–Trinajstić information content (AvgIpc) is 3.24. The van der Waals surface area contributed by atoms with Crippen LogP contribution in [0.2, 0.25) is 0 Å². The molecular formula is C25H24N4O2S. The number of hydrogen-bond donors (Lipinski definition) is 2. The van der Waals surface area contributed by atoms with Crippen LogP contribution < -0.4 is 15.4 Å². The van der Waals surface area contributed by atoms with Gasteiger partial charge in [-0.2, -0.15) is 0 Å². The number of aryl methyl sites for hydroxylation is 1. The summed E-state index contributed by atoms with van der Waals surface area (Å²) in [5.41, 5.74) is 3.98. The Labute approximate surface area is 191 Å². The predicted molar refractivity (Wildman–Crippen MR) is 127 cm³/mol. The molecule has 7 heteroatoms. The molecule has 0 radical (unpaired) electrons. The third kappa shape index (κ3) is 6.39. The lowest BCUT2D eigenvalue weighted by Crippen LogP contribution is -2.24. The number of carbonyl (C=O) groups is 1. The summed E-state index contributed by atoms with van der Waals surface area (Å²) in [4.78, 5) is 21.1. The van der Waals surface area contributed by atoms with Crippen LogP contribution in [0.15, 0.2) is 78.3 Å². The zero-order chi connectivity index (χ0) is 22.2. The summed E-state index contributed by atoms with van der Waals surface area (Å²) in [5.74, 6) is 1.47. The Balaban J connectivity index is 1.22. The van der Waals surface area contributed by atoms with Crippen LogP contribution in [0.25, 0.3) is 0 Å². The molecule has 0 aliphatic heterocycles. The van der Waals surface area contributed by atoms with Gasteiger partial charge in [0, 0.05) is 18.1 Å². The summed E-state index contributed by atoms with van der Waals surface area (Å²) < 4.78 is 5.80. The summed E-state index contributed by atoms with van der Waals surface area (Å²) in [6.45, 7) is 3.00. The highest BCUT2D eigenvalue weighted by molar-refractivity contribution is 7.13. The number of carbonyl (C=O) groups excluding carboxylic acids is 1. The minimum absolute atomic E-state index is 0.0695. The van der Waals surface area contributed by atoms with Gasteiger partial charge < -0.3 is 15.4 Å². The highest BCUT2D eigenvalue weighted by Crippen LogP contribution is 2.20. The molecule has 1 amide bonds. The van der Waals surface area contributed by atoms with Crippen LogP contribution in [0.4, 0.5) is 10.9 Å². The number of aromatic nitrogens is 2. The number of benzene rings is 2. The van der Waals surface area contributed by atoms with Gasteiger partial charge in [-0.3, -0.25) is 4.79 Å². The Hall–Kier alpha value is -3.71. The molecule has 0 fully saturated rings. The van der Waals surface area contributed by atoms with Crippen molar-refractivity contribution in [2.75, 3.05) is 5.32 Å². The molecule has 6 nitrogen and oxygen atoms in total. The van der Waals surface area contributed by atoms with Crippen molar-refractivity contribution in [3.8, 4) is 5.75 Å². The highest BCUT2D eigenvalue weighted by atomic mass is 32.1. The molecule has 4 rings (SSSR count). The quantitative estimate of drug-likeness (QED) is 0.379. The number of nitrogens with zero attached hydrogens (tertiary/aromatic N) is 2. The van der Waals surface area contributed by atoms with Gasteiger partial charge in [0.2, 0.25) is 5.91 Å². The van der Waals surface area contributed by atoms with E-state index in [2.05, 4.69) is 20.6 Å². The summed E-state index contributed by atoms with van der Waals surface area (Å²) in [7, 11) is 0. The molecule has 162 valence electrons. The van der Waals surface area contributed by atoms with Gasteiger partial charge in [-0.05, 0) is 47.9 Å². The van der Waals surface area contributed by atoms with Crippen molar-refractivity contribution in [3.05, 3.63) is 101 Å². The molecule has 0 saturated heterocycles. The van der Waals surface area contributed by atoms with E-state index in [0.29, 0.717) is 13.2 Å². The number of nitrogens with one attached hydrogen (secondary N) is 2. The molecule has 2 aromatic heterocycles. The molecule has 0 aliphatic carbocycles. The number of ether oxygens (including phenoxy) is 1. The Morgan fingerprint density at radius 3 is 2.62 bits per heavy atom. The minimum atomic E-state index is -0.0695. The van der Waals surface area contributed by atoms with Crippen molar-refractivity contribution < 1.29 is 9.53 Å². The minimum Gasteiger partial charge on any atom is -0.489 e. The van der Waals surface area contributed by atoms with Crippen molar-refractivity contribution in [2.24, 2.45) is 0 Å². The van der Waals surface area contributed by atoms with Crippen LogP contribution in [-0.4, -0.2) is 15.9 Å². The second-order valence-corrected chi connectivity index (χ2v) is 8.22. The SMILES string of the molecule is Cc1ccnc(Nc2nc(CC(=O)NCc3ccc(OCc4ccccc4)cc3)cs2)c1. The van der Waals surface area contributed by atoms with E-state index < -0.39 is 0 Å². The lowest BCUT2D eigenvalue weighted by molar-refractivity contribution is -0.120. The molecule has 2 N–H and O–H groups in total. The van der Waals surface area contributed by atoms with Crippen LogP contribution in [0.1, 0.15) is 22.4 Å². The van der Waals surface area contributed by atoms with Crippen molar-refractivity contribution >= 4 is 28.2 Å². The standard InChI is InChI=1S/C25H24N4O2S/c1-18-11-12-26-23(13-18)29-25-28-21(17-32-25)14-24(30)27-15-19-7-9-22(10-8-19)31-16-20-5-3-2-4-6-20/h2-13,17H,14-16H2,1H3,(H,27,30)(H,26,28,29). The zero-order valence-electron chi connectivity index (χ0n) is 17.7. The maximum absolute atomic E-state index is 12.3. The average molecular weight is 445 g/mol. The smallest absolute Gasteiger partial charge is 0.226 e. The van der Waals surface area contributed by atoms with Gasteiger partial charge in [-0.15, -0.1) is 11.3 Å². The lowest BCUT2D eigenvalue weighted by atomic mass is 10.2. The second kappa shape index (κ2) is 10.5. The van der Waals surface area contributed by atoms with Gasteiger partial charge in [0.05, 0.1) is 12.1 Å². The molecule has 0 unspecified atom stereocenters. The number of thiazole rings is 1. The van der Waals surface area contributed by atoms with Gasteiger partial charge in [0.25, 0.3) is 0 Å². The van der Waals surface area contributed by atoms with E-state index >= 15 is 0 Å². The van der Waals surface area contributed by atoms with Gasteiger partial charge >= 0.3 is 0 Å². The van der Waals surface area contributed by atoms with Crippen molar-refractivity contribution in [2.45, 2.75) is 26.5 Å². The fraction of sp³-hybridized carbons (Fsp3) is 0.160. The fourth-order valence-electron chi connectivity index (χ4n) is 3.03. The van der Waals surface area contributed by atoms with E-state index in [4.69, 9.17) is 4.74 Å². The first-order valence-electron chi connectivity index (χ1n) is 10.3. The first-order chi connectivity index (χ1) is 15.6. The van der Waals surface area contributed by atoms with E-state index in [1.807, 2.05) is 79.0 Å². The van der Waals surface area contributed by atoms with Gasteiger partial charge in [0.15, 0.2) is 5.13 Å². The van der Waals surface area contributed by atoms with Gasteiger partial charge in [-0.1, -0.05) is 42.5 Å². The molecule has 0 bridgehead atoms. The molecule has 4 aromatic rings. The largest absolute Gasteiger partial charge is 0.489 e. The summed E-state index contributed by atoms with van der Waals surface area (Å²) in [6.07, 6.45) is 1.99. The van der Waals surface area contributed by atoms with E-state index in [0.717, 1.165) is 39.1 Å². The second-order valence-electron chi connectivity index (χ2n) is 7.36. The predicted octanol–water partition coefficient (Wildman–Crippen LogP) is 5.03. The maximum atomic E-state index is 12.3. The van der Waals surface area contributed by atoms with Crippen LogP contribution in [0, 0.1) is 6.92 Å². The normalized spacial score (nSPS) is 10.5. The van der Waals surface area contributed by atoms with Crippen LogP contribution in [-0.2, 0) is 24.4 Å². The molecule has 0 atom stereocenters. The van der Waals surface area contributed by atoms with Gasteiger partial charge in [-0.25, -0.2) is 9.97 Å². The molecule has 0 saturated carbocycles. The number of amides is 1. The van der Waals surface area contributed by atoms with E-state index in [1.54, 1.807) is 6.20 Å². The van der Waals surface area contributed by atoms with Crippen LogP contribution >= 0.6 is 11.3 Å². The Morgan fingerprint density at radius 2 is 1.84 bits per heavy atom. The van der Waals surface area contributed by atoms with Crippen molar-refractivity contribution in [1.29, 1.82) is 0 Å². The Morgan fingerprint density at radius 1 is 1.03 bits per heavy atom. The summed E-state index contributed by atoms with van der Waals surface area (Å²) in [5, 5.41) is 8.72. The first-order valence-corrected chi connectivity index (χ1v) is 11.2.